The minimum absolute atomic E-state index is 0.0758. The van der Waals surface area contributed by atoms with Gasteiger partial charge < -0.3 is 4.98 Å². The number of fused-ring (bicyclic) bond motifs is 1. The molecule has 0 spiro atoms. The fourth-order valence-electron chi connectivity index (χ4n) is 1.42. The average Bonchev–Trinajstić information content (AvgIpc) is 2.19. The number of aromatic nitrogens is 2. The Morgan fingerprint density at radius 1 is 1.50 bits per heavy atom. The Bertz CT molecular complexity index is 533. The van der Waals surface area contributed by atoms with E-state index in [9.17, 15) is 4.79 Å². The lowest BCUT2D eigenvalue weighted by Crippen LogP contribution is -2.11. The predicted molar refractivity (Wildman–Crippen MR) is 59.7 cm³/mol. The number of halogens is 1. The molecule has 0 atom stereocenters. The molecule has 3 nitrogen and oxygen atoms in total. The first kappa shape index (κ1) is 9.40. The fraction of sp³-hybridized carbons (Fsp3) is 0.200. The standard InChI is InChI=1S/C10H9BrN2O/c1-6-3-2-4-7-9(6)12-8(5-11)13-10(7)14/h2-4H,5H2,1H3,(H,12,13,14). The highest BCUT2D eigenvalue weighted by Gasteiger charge is 2.04. The molecule has 0 bridgehead atoms. The molecule has 0 saturated heterocycles. The van der Waals surface area contributed by atoms with Gasteiger partial charge in [-0.05, 0) is 18.6 Å². The SMILES string of the molecule is Cc1cccc2c(=O)[nH]c(CBr)nc12. The molecule has 2 rings (SSSR count). The fourth-order valence-corrected chi connectivity index (χ4v) is 1.68. The minimum Gasteiger partial charge on any atom is -0.309 e. The maximum absolute atomic E-state index is 11.6. The Labute approximate surface area is 89.3 Å². The van der Waals surface area contributed by atoms with Crippen LogP contribution in [0.1, 0.15) is 11.4 Å². The number of hydrogen-bond acceptors (Lipinski definition) is 2. The van der Waals surface area contributed by atoms with Gasteiger partial charge in [-0.15, -0.1) is 0 Å². The topological polar surface area (TPSA) is 45.8 Å². The van der Waals surface area contributed by atoms with Crippen molar-refractivity contribution in [3.8, 4) is 0 Å². The third-order valence-corrected chi connectivity index (χ3v) is 2.64. The van der Waals surface area contributed by atoms with Crippen LogP contribution in [0.5, 0.6) is 0 Å². The number of nitrogens with zero attached hydrogens (tertiary/aromatic N) is 1. The Balaban J connectivity index is 2.91. The molecule has 0 aliphatic heterocycles. The number of alkyl halides is 1. The van der Waals surface area contributed by atoms with Crippen LogP contribution in [0.25, 0.3) is 10.9 Å². The van der Waals surface area contributed by atoms with Gasteiger partial charge in [-0.2, -0.15) is 0 Å². The van der Waals surface area contributed by atoms with E-state index in [2.05, 4.69) is 25.9 Å². The Hall–Kier alpha value is -1.16. The van der Waals surface area contributed by atoms with Gasteiger partial charge in [0.05, 0.1) is 16.2 Å². The molecule has 72 valence electrons. The summed E-state index contributed by atoms with van der Waals surface area (Å²) in [4.78, 5) is 18.7. The molecule has 2 aromatic rings. The molecule has 14 heavy (non-hydrogen) atoms. The zero-order valence-electron chi connectivity index (χ0n) is 7.67. The van der Waals surface area contributed by atoms with Crippen molar-refractivity contribution in [2.45, 2.75) is 12.3 Å². The van der Waals surface area contributed by atoms with Gasteiger partial charge in [-0.1, -0.05) is 28.1 Å². The lowest BCUT2D eigenvalue weighted by molar-refractivity contribution is 1.04. The first-order valence-corrected chi connectivity index (χ1v) is 5.39. The Morgan fingerprint density at radius 2 is 2.29 bits per heavy atom. The van der Waals surface area contributed by atoms with E-state index in [0.717, 1.165) is 11.1 Å². The van der Waals surface area contributed by atoms with Crippen molar-refractivity contribution in [2.24, 2.45) is 0 Å². The number of benzene rings is 1. The number of aryl methyl sites for hydroxylation is 1. The summed E-state index contributed by atoms with van der Waals surface area (Å²) < 4.78 is 0. The zero-order chi connectivity index (χ0) is 10.1. The minimum atomic E-state index is -0.0758. The highest BCUT2D eigenvalue weighted by molar-refractivity contribution is 9.08. The summed E-state index contributed by atoms with van der Waals surface area (Å²) in [5, 5.41) is 1.21. The van der Waals surface area contributed by atoms with Crippen molar-refractivity contribution in [3.63, 3.8) is 0 Å². The second-order valence-electron chi connectivity index (χ2n) is 3.12. The van der Waals surface area contributed by atoms with E-state index in [1.165, 1.54) is 0 Å². The maximum atomic E-state index is 11.6. The van der Waals surface area contributed by atoms with Gasteiger partial charge in [-0.3, -0.25) is 4.79 Å². The summed E-state index contributed by atoms with van der Waals surface area (Å²) in [6.07, 6.45) is 0. The van der Waals surface area contributed by atoms with Crippen LogP contribution >= 0.6 is 15.9 Å². The molecule has 0 radical (unpaired) electrons. The summed E-state index contributed by atoms with van der Waals surface area (Å²) >= 11 is 3.27. The quantitative estimate of drug-likeness (QED) is 0.791. The first-order valence-electron chi connectivity index (χ1n) is 4.27. The van der Waals surface area contributed by atoms with Crippen molar-refractivity contribution in [3.05, 3.63) is 39.9 Å². The summed E-state index contributed by atoms with van der Waals surface area (Å²) in [5.41, 5.74) is 1.73. The van der Waals surface area contributed by atoms with Gasteiger partial charge >= 0.3 is 0 Å². The Kier molecular flexibility index (Phi) is 2.37. The van der Waals surface area contributed by atoms with Crippen LogP contribution in [0.4, 0.5) is 0 Å². The van der Waals surface area contributed by atoms with Crippen LogP contribution in [-0.2, 0) is 5.33 Å². The van der Waals surface area contributed by atoms with Crippen LogP contribution in [0, 0.1) is 6.92 Å². The molecular formula is C10H9BrN2O. The Morgan fingerprint density at radius 3 is 3.00 bits per heavy atom. The normalized spacial score (nSPS) is 10.7. The maximum Gasteiger partial charge on any atom is 0.258 e. The van der Waals surface area contributed by atoms with Crippen molar-refractivity contribution in [1.82, 2.24) is 9.97 Å². The number of rotatable bonds is 1. The van der Waals surface area contributed by atoms with Crippen LogP contribution in [-0.4, -0.2) is 9.97 Å². The second-order valence-corrected chi connectivity index (χ2v) is 3.68. The number of hydrogen-bond donors (Lipinski definition) is 1. The molecule has 0 fully saturated rings. The number of nitrogens with one attached hydrogen (secondary N) is 1. The van der Waals surface area contributed by atoms with Crippen LogP contribution in [0.3, 0.4) is 0 Å². The molecule has 0 aliphatic rings. The first-order chi connectivity index (χ1) is 6.72. The van der Waals surface area contributed by atoms with Crippen LogP contribution in [0.2, 0.25) is 0 Å². The van der Waals surface area contributed by atoms with E-state index in [4.69, 9.17) is 0 Å². The number of aromatic amines is 1. The molecule has 0 amide bonds. The summed E-state index contributed by atoms with van der Waals surface area (Å²) in [6, 6.07) is 5.60. The van der Waals surface area contributed by atoms with Crippen molar-refractivity contribution < 1.29 is 0 Å². The van der Waals surface area contributed by atoms with E-state index < -0.39 is 0 Å². The zero-order valence-corrected chi connectivity index (χ0v) is 9.26. The average molecular weight is 253 g/mol. The summed E-state index contributed by atoms with van der Waals surface area (Å²) in [6.45, 7) is 1.95. The molecule has 1 aromatic carbocycles. The summed E-state index contributed by atoms with van der Waals surface area (Å²) in [7, 11) is 0. The van der Waals surface area contributed by atoms with Gasteiger partial charge in [0, 0.05) is 0 Å². The second kappa shape index (κ2) is 3.53. The third-order valence-electron chi connectivity index (χ3n) is 2.11. The van der Waals surface area contributed by atoms with Gasteiger partial charge in [0.25, 0.3) is 5.56 Å². The molecule has 0 unspecified atom stereocenters. The van der Waals surface area contributed by atoms with Crippen molar-refractivity contribution >= 4 is 26.8 Å². The molecule has 1 aromatic heterocycles. The lowest BCUT2D eigenvalue weighted by atomic mass is 10.1. The highest BCUT2D eigenvalue weighted by Crippen LogP contribution is 2.12. The smallest absolute Gasteiger partial charge is 0.258 e. The molecule has 1 heterocycles. The van der Waals surface area contributed by atoms with Gasteiger partial charge in [0.15, 0.2) is 0 Å². The van der Waals surface area contributed by atoms with Crippen LogP contribution < -0.4 is 5.56 Å². The number of H-pyrrole nitrogens is 1. The van der Waals surface area contributed by atoms with Gasteiger partial charge in [-0.25, -0.2) is 4.98 Å². The molecular weight excluding hydrogens is 244 g/mol. The summed E-state index contributed by atoms with van der Waals surface area (Å²) in [5.74, 6) is 0.664. The highest BCUT2D eigenvalue weighted by atomic mass is 79.9. The molecule has 0 saturated carbocycles. The molecule has 0 aliphatic carbocycles. The number of para-hydroxylation sites is 1. The monoisotopic (exact) mass is 252 g/mol. The van der Waals surface area contributed by atoms with Crippen molar-refractivity contribution in [1.29, 1.82) is 0 Å². The van der Waals surface area contributed by atoms with E-state index in [-0.39, 0.29) is 5.56 Å². The largest absolute Gasteiger partial charge is 0.309 e. The van der Waals surface area contributed by atoms with E-state index in [1.807, 2.05) is 19.1 Å². The predicted octanol–water partition coefficient (Wildman–Crippen LogP) is 2.13. The van der Waals surface area contributed by atoms with Crippen LogP contribution in [0.15, 0.2) is 23.0 Å². The van der Waals surface area contributed by atoms with E-state index in [1.54, 1.807) is 6.07 Å². The third kappa shape index (κ3) is 1.46. The van der Waals surface area contributed by atoms with Gasteiger partial charge in [0.2, 0.25) is 0 Å². The molecule has 4 heteroatoms. The van der Waals surface area contributed by atoms with E-state index >= 15 is 0 Å². The van der Waals surface area contributed by atoms with Gasteiger partial charge in [0.1, 0.15) is 5.82 Å². The lowest BCUT2D eigenvalue weighted by Gasteiger charge is -2.01. The molecule has 1 N–H and O–H groups in total. The van der Waals surface area contributed by atoms with Crippen molar-refractivity contribution in [2.75, 3.05) is 0 Å². The van der Waals surface area contributed by atoms with E-state index in [0.29, 0.717) is 16.5 Å².